The summed E-state index contributed by atoms with van der Waals surface area (Å²) in [4.78, 5) is 23.7. The Morgan fingerprint density at radius 2 is 1.70 bits per heavy atom. The molecule has 0 saturated heterocycles. The van der Waals surface area contributed by atoms with Crippen LogP contribution in [0.25, 0.3) is 0 Å². The molecule has 0 aliphatic carbocycles. The summed E-state index contributed by atoms with van der Waals surface area (Å²) < 4.78 is 38.2. The molecule has 0 aliphatic heterocycles. The molecule has 0 bridgehead atoms. The summed E-state index contributed by atoms with van der Waals surface area (Å²) in [5, 5.41) is 7.82. The third kappa shape index (κ3) is 6.32. The van der Waals surface area contributed by atoms with Gasteiger partial charge >= 0.3 is 12.2 Å². The monoisotopic (exact) mass is 379 g/mol. The van der Waals surface area contributed by atoms with Gasteiger partial charge in [-0.15, -0.1) is 0 Å². The van der Waals surface area contributed by atoms with E-state index in [4.69, 9.17) is 0 Å². The van der Waals surface area contributed by atoms with Crippen LogP contribution < -0.4 is 16.0 Å². The number of carbonyl (C=O) groups excluding carboxylic acids is 2. The molecular formula is C19H20F3N3O2. The van der Waals surface area contributed by atoms with E-state index in [2.05, 4.69) is 16.0 Å². The number of carbonyl (C=O) groups is 2. The molecule has 27 heavy (non-hydrogen) atoms. The standard InChI is InChI=1S/C19H20F3N3O2/c1-12(2)24-18(27)23-11-13-6-8-14(9-7-13)17(26)25-16-5-3-4-15(10-16)19(20,21)22/h3-10,12H,11H2,1-2H3,(H,25,26)(H2,23,24,27). The van der Waals surface area contributed by atoms with Crippen LogP contribution in [0.2, 0.25) is 0 Å². The van der Waals surface area contributed by atoms with Gasteiger partial charge in [0.25, 0.3) is 5.91 Å². The molecule has 5 nitrogen and oxygen atoms in total. The molecule has 3 N–H and O–H groups in total. The number of halogens is 3. The van der Waals surface area contributed by atoms with Crippen LogP contribution in [0.15, 0.2) is 48.5 Å². The predicted molar refractivity (Wildman–Crippen MR) is 96.3 cm³/mol. The molecule has 0 spiro atoms. The summed E-state index contributed by atoms with van der Waals surface area (Å²) in [6.45, 7) is 3.98. The van der Waals surface area contributed by atoms with E-state index in [-0.39, 0.29) is 24.3 Å². The Morgan fingerprint density at radius 1 is 1.04 bits per heavy atom. The molecule has 0 unspecified atom stereocenters. The van der Waals surface area contributed by atoms with Crippen LogP contribution >= 0.6 is 0 Å². The second-order valence-electron chi connectivity index (χ2n) is 6.21. The molecule has 0 radical (unpaired) electrons. The number of urea groups is 1. The SMILES string of the molecule is CC(C)NC(=O)NCc1ccc(C(=O)Nc2cccc(C(F)(F)F)c2)cc1. The molecule has 0 aromatic heterocycles. The summed E-state index contributed by atoms with van der Waals surface area (Å²) in [6.07, 6.45) is -4.47. The van der Waals surface area contributed by atoms with Gasteiger partial charge in [0.05, 0.1) is 5.56 Å². The first kappa shape index (κ1) is 20.3. The maximum Gasteiger partial charge on any atom is 0.416 e. The van der Waals surface area contributed by atoms with Crippen molar-refractivity contribution in [3.05, 3.63) is 65.2 Å². The zero-order chi connectivity index (χ0) is 20.0. The summed E-state index contributed by atoms with van der Waals surface area (Å²) in [7, 11) is 0. The fourth-order valence-electron chi connectivity index (χ4n) is 2.25. The Morgan fingerprint density at radius 3 is 2.30 bits per heavy atom. The van der Waals surface area contributed by atoms with E-state index in [9.17, 15) is 22.8 Å². The van der Waals surface area contributed by atoms with Crippen LogP contribution in [-0.4, -0.2) is 18.0 Å². The van der Waals surface area contributed by atoms with E-state index in [0.29, 0.717) is 5.56 Å². The molecule has 2 aromatic rings. The van der Waals surface area contributed by atoms with Crippen molar-refractivity contribution in [3.8, 4) is 0 Å². The highest BCUT2D eigenvalue weighted by atomic mass is 19.4. The number of benzene rings is 2. The van der Waals surface area contributed by atoms with Gasteiger partial charge in [0.2, 0.25) is 0 Å². The first-order valence-electron chi connectivity index (χ1n) is 8.27. The maximum absolute atomic E-state index is 12.7. The lowest BCUT2D eigenvalue weighted by molar-refractivity contribution is -0.137. The van der Waals surface area contributed by atoms with Gasteiger partial charge in [0.1, 0.15) is 0 Å². The van der Waals surface area contributed by atoms with Crippen LogP contribution in [0.1, 0.15) is 35.3 Å². The molecule has 2 rings (SSSR count). The summed E-state index contributed by atoms with van der Waals surface area (Å²) in [6, 6.07) is 10.6. The minimum atomic E-state index is -4.47. The summed E-state index contributed by atoms with van der Waals surface area (Å²) in [5.41, 5.74) is 0.305. The molecule has 2 aromatic carbocycles. The van der Waals surface area contributed by atoms with E-state index >= 15 is 0 Å². The molecule has 0 aliphatic rings. The van der Waals surface area contributed by atoms with Crippen LogP contribution in [0.5, 0.6) is 0 Å². The predicted octanol–water partition coefficient (Wildman–Crippen LogP) is 4.17. The Hall–Kier alpha value is -3.03. The first-order chi connectivity index (χ1) is 12.6. The lowest BCUT2D eigenvalue weighted by Gasteiger charge is -2.11. The number of anilines is 1. The third-order valence-electron chi connectivity index (χ3n) is 3.54. The smallest absolute Gasteiger partial charge is 0.336 e. The Balaban J connectivity index is 1.97. The molecule has 8 heteroatoms. The van der Waals surface area contributed by atoms with Crippen molar-refractivity contribution in [1.29, 1.82) is 0 Å². The number of rotatable bonds is 5. The maximum atomic E-state index is 12.7. The van der Waals surface area contributed by atoms with Gasteiger partial charge in [-0.05, 0) is 49.7 Å². The van der Waals surface area contributed by atoms with Crippen LogP contribution in [0.3, 0.4) is 0 Å². The zero-order valence-corrected chi connectivity index (χ0v) is 14.9. The van der Waals surface area contributed by atoms with E-state index in [1.807, 2.05) is 13.8 Å². The number of alkyl halides is 3. The van der Waals surface area contributed by atoms with E-state index < -0.39 is 17.6 Å². The molecule has 0 atom stereocenters. The van der Waals surface area contributed by atoms with E-state index in [0.717, 1.165) is 17.7 Å². The fourth-order valence-corrected chi connectivity index (χ4v) is 2.25. The third-order valence-corrected chi connectivity index (χ3v) is 3.54. The van der Waals surface area contributed by atoms with Crippen LogP contribution in [-0.2, 0) is 12.7 Å². The van der Waals surface area contributed by atoms with Crippen molar-refractivity contribution >= 4 is 17.6 Å². The molecule has 0 fully saturated rings. The largest absolute Gasteiger partial charge is 0.416 e. The van der Waals surface area contributed by atoms with Gasteiger partial charge in [-0.1, -0.05) is 18.2 Å². The van der Waals surface area contributed by atoms with Crippen LogP contribution in [0, 0.1) is 0 Å². The lowest BCUT2D eigenvalue weighted by atomic mass is 10.1. The quantitative estimate of drug-likeness (QED) is 0.730. The Labute approximate surface area is 155 Å². The highest BCUT2D eigenvalue weighted by Gasteiger charge is 2.30. The van der Waals surface area contributed by atoms with Crippen molar-refractivity contribution in [3.63, 3.8) is 0 Å². The zero-order valence-electron chi connectivity index (χ0n) is 14.9. The molecular weight excluding hydrogens is 359 g/mol. The Bertz CT molecular complexity index is 803. The molecule has 0 saturated carbocycles. The average Bonchev–Trinajstić information content (AvgIpc) is 2.59. The van der Waals surface area contributed by atoms with E-state index in [1.165, 1.54) is 12.1 Å². The van der Waals surface area contributed by atoms with Crippen molar-refractivity contribution in [2.75, 3.05) is 5.32 Å². The second-order valence-corrected chi connectivity index (χ2v) is 6.21. The topological polar surface area (TPSA) is 70.2 Å². The van der Waals surface area contributed by atoms with Gasteiger partial charge in [-0.25, -0.2) is 4.79 Å². The van der Waals surface area contributed by atoms with Gasteiger partial charge < -0.3 is 16.0 Å². The molecule has 0 heterocycles. The summed E-state index contributed by atoms with van der Waals surface area (Å²) in [5.74, 6) is -0.522. The van der Waals surface area contributed by atoms with Gasteiger partial charge in [0.15, 0.2) is 0 Å². The highest BCUT2D eigenvalue weighted by Crippen LogP contribution is 2.30. The van der Waals surface area contributed by atoms with Crippen molar-refractivity contribution in [1.82, 2.24) is 10.6 Å². The number of amides is 3. The Kier molecular flexibility index (Phi) is 6.44. The number of hydrogen-bond donors (Lipinski definition) is 3. The summed E-state index contributed by atoms with van der Waals surface area (Å²) >= 11 is 0. The second kappa shape index (κ2) is 8.57. The average molecular weight is 379 g/mol. The fraction of sp³-hybridized carbons (Fsp3) is 0.263. The molecule has 144 valence electrons. The van der Waals surface area contributed by atoms with Crippen LogP contribution in [0.4, 0.5) is 23.7 Å². The number of hydrogen-bond acceptors (Lipinski definition) is 2. The van der Waals surface area contributed by atoms with E-state index in [1.54, 1.807) is 24.3 Å². The van der Waals surface area contributed by atoms with Gasteiger partial charge in [0, 0.05) is 23.8 Å². The normalized spacial score (nSPS) is 11.2. The van der Waals surface area contributed by atoms with Crippen molar-refractivity contribution in [2.24, 2.45) is 0 Å². The van der Waals surface area contributed by atoms with Crippen molar-refractivity contribution < 1.29 is 22.8 Å². The minimum absolute atomic E-state index is 0.0203. The number of nitrogens with one attached hydrogen (secondary N) is 3. The lowest BCUT2D eigenvalue weighted by Crippen LogP contribution is -2.39. The molecule has 3 amide bonds. The van der Waals surface area contributed by atoms with Crippen molar-refractivity contribution in [2.45, 2.75) is 32.6 Å². The highest BCUT2D eigenvalue weighted by molar-refractivity contribution is 6.04. The first-order valence-corrected chi connectivity index (χ1v) is 8.27. The van der Waals surface area contributed by atoms with Gasteiger partial charge in [-0.3, -0.25) is 4.79 Å². The minimum Gasteiger partial charge on any atom is -0.336 e. The van der Waals surface area contributed by atoms with Gasteiger partial charge in [-0.2, -0.15) is 13.2 Å².